The highest BCUT2D eigenvalue weighted by Gasteiger charge is 2.07. The summed E-state index contributed by atoms with van der Waals surface area (Å²) < 4.78 is 9.54. The van der Waals surface area contributed by atoms with Crippen molar-refractivity contribution in [3.63, 3.8) is 0 Å². The average molecular weight is 252 g/mol. The third-order valence-electron chi connectivity index (χ3n) is 1.75. The molecule has 0 aliphatic carbocycles. The van der Waals surface area contributed by atoms with Gasteiger partial charge in [-0.15, -0.1) is 0 Å². The maximum atomic E-state index is 11.2. The molecule has 0 aliphatic heterocycles. The van der Waals surface area contributed by atoms with Crippen molar-refractivity contribution in [1.82, 2.24) is 10.6 Å². The maximum Gasteiger partial charge on any atom is 0.331 e. The molecular weight excluding hydrogens is 240 g/mol. The summed E-state index contributed by atoms with van der Waals surface area (Å²) >= 11 is 0. The fourth-order valence-electron chi connectivity index (χ4n) is 0.946. The van der Waals surface area contributed by atoms with Crippen molar-refractivity contribution in [3.05, 3.63) is 30.2 Å². The van der Waals surface area contributed by atoms with E-state index in [-0.39, 0.29) is 0 Å². The molecule has 0 unspecified atom stereocenters. The summed E-state index contributed by atoms with van der Waals surface area (Å²) in [6.45, 7) is -0.533. The predicted molar refractivity (Wildman–Crippen MR) is 61.3 cm³/mol. The van der Waals surface area contributed by atoms with Gasteiger partial charge in [0, 0.05) is 13.1 Å². The highest BCUT2D eigenvalue weighted by molar-refractivity contribution is 5.96. The summed E-state index contributed by atoms with van der Waals surface area (Å²) in [4.78, 5) is 33.0. The van der Waals surface area contributed by atoms with Crippen molar-refractivity contribution >= 4 is 24.0 Å². The van der Waals surface area contributed by atoms with Crippen LogP contribution in [0.15, 0.2) is 28.9 Å². The Labute approximate surface area is 103 Å². The van der Waals surface area contributed by atoms with E-state index in [0.717, 1.165) is 6.08 Å². The number of hydrogen-bond acceptors (Lipinski definition) is 5. The molecule has 0 atom stereocenters. The third-order valence-corrected chi connectivity index (χ3v) is 1.75. The summed E-state index contributed by atoms with van der Waals surface area (Å²) in [5, 5.41) is 4.14. The second kappa shape index (κ2) is 6.89. The van der Waals surface area contributed by atoms with Crippen molar-refractivity contribution in [2.75, 3.05) is 13.7 Å². The average Bonchev–Trinajstić information content (AvgIpc) is 2.86. The summed E-state index contributed by atoms with van der Waals surface area (Å²) in [7, 11) is 1.36. The van der Waals surface area contributed by atoms with Gasteiger partial charge in [-0.3, -0.25) is 10.1 Å². The maximum absolute atomic E-state index is 11.2. The number of rotatable bonds is 4. The number of imide groups is 1. The molecule has 7 heteroatoms. The number of urea groups is 1. The molecular formula is C11H12N2O5. The van der Waals surface area contributed by atoms with Gasteiger partial charge in [0.25, 0.3) is 5.91 Å². The quantitative estimate of drug-likeness (QED) is 0.593. The Morgan fingerprint density at radius 1 is 1.44 bits per heavy atom. The lowest BCUT2D eigenvalue weighted by atomic mass is 10.4. The minimum Gasteiger partial charge on any atom is -0.465 e. The van der Waals surface area contributed by atoms with Crippen LogP contribution in [0.1, 0.15) is 5.76 Å². The highest BCUT2D eigenvalue weighted by Crippen LogP contribution is 2.02. The number of carbonyl (C=O) groups is 3. The number of hydrogen-bond donors (Lipinski definition) is 2. The van der Waals surface area contributed by atoms with Crippen LogP contribution in [-0.2, 0) is 14.3 Å². The van der Waals surface area contributed by atoms with Crippen LogP contribution in [0.5, 0.6) is 0 Å². The lowest BCUT2D eigenvalue weighted by Gasteiger charge is -2.02. The Balaban J connectivity index is 2.29. The van der Waals surface area contributed by atoms with Gasteiger partial charge in [0.05, 0.1) is 6.26 Å². The monoisotopic (exact) mass is 252 g/mol. The molecule has 0 radical (unpaired) electrons. The zero-order valence-electron chi connectivity index (χ0n) is 9.64. The minimum atomic E-state index is -0.714. The van der Waals surface area contributed by atoms with E-state index in [1.807, 2.05) is 5.32 Å². The molecule has 0 aromatic carbocycles. The summed E-state index contributed by atoms with van der Waals surface area (Å²) in [5.41, 5.74) is 0. The van der Waals surface area contributed by atoms with Crippen LogP contribution in [0.2, 0.25) is 0 Å². The predicted octanol–water partition coefficient (Wildman–Crippen LogP) is 0.292. The van der Waals surface area contributed by atoms with Crippen LogP contribution in [0.25, 0.3) is 6.08 Å². The van der Waals surface area contributed by atoms with Gasteiger partial charge in [-0.05, 0) is 18.2 Å². The summed E-state index contributed by atoms with van der Waals surface area (Å²) in [6, 6.07) is 2.66. The molecule has 0 saturated carbocycles. The molecule has 0 bridgehead atoms. The van der Waals surface area contributed by atoms with Crippen LogP contribution in [-0.4, -0.2) is 31.6 Å². The van der Waals surface area contributed by atoms with E-state index >= 15 is 0 Å². The van der Waals surface area contributed by atoms with Gasteiger partial charge >= 0.3 is 12.0 Å². The number of nitrogens with one attached hydrogen (secondary N) is 2. The fraction of sp³-hybridized carbons (Fsp3) is 0.182. The van der Waals surface area contributed by atoms with Gasteiger partial charge in [-0.2, -0.15) is 0 Å². The number of amides is 3. The second-order valence-corrected chi connectivity index (χ2v) is 3.08. The summed E-state index contributed by atoms with van der Waals surface area (Å²) in [5.74, 6) is -0.936. The van der Waals surface area contributed by atoms with Crippen LogP contribution >= 0.6 is 0 Å². The molecule has 2 N–H and O–H groups in total. The lowest BCUT2D eigenvalue weighted by Crippen LogP contribution is -2.39. The largest absolute Gasteiger partial charge is 0.465 e. The molecule has 3 amide bonds. The van der Waals surface area contributed by atoms with Gasteiger partial charge < -0.3 is 14.5 Å². The highest BCUT2D eigenvalue weighted by atomic mass is 16.5. The zero-order chi connectivity index (χ0) is 13.4. The van der Waals surface area contributed by atoms with Crippen LogP contribution in [0, 0.1) is 0 Å². The first-order valence-corrected chi connectivity index (χ1v) is 5.01. The van der Waals surface area contributed by atoms with Crippen molar-refractivity contribution in [2.24, 2.45) is 0 Å². The number of carbonyl (C=O) groups excluding carboxylic acids is 3. The smallest absolute Gasteiger partial charge is 0.331 e. The minimum absolute atomic E-state index is 0.488. The van der Waals surface area contributed by atoms with Crippen LogP contribution < -0.4 is 10.6 Å². The van der Waals surface area contributed by atoms with E-state index in [4.69, 9.17) is 4.42 Å². The van der Waals surface area contributed by atoms with E-state index in [2.05, 4.69) is 10.1 Å². The fourth-order valence-corrected chi connectivity index (χ4v) is 0.946. The van der Waals surface area contributed by atoms with E-state index in [1.54, 1.807) is 12.1 Å². The molecule has 7 nitrogen and oxygen atoms in total. The van der Waals surface area contributed by atoms with Gasteiger partial charge in [0.2, 0.25) is 0 Å². The normalized spacial score (nSPS) is 10.1. The van der Waals surface area contributed by atoms with Crippen LogP contribution in [0.4, 0.5) is 4.79 Å². The standard InChI is InChI=1S/C11H12N2O5/c1-12-11(16)13-9(14)7-18-10(15)5-4-8-3-2-6-17-8/h2-6H,7H2,1H3,(H2,12,13,14,16). The molecule has 18 heavy (non-hydrogen) atoms. The zero-order valence-corrected chi connectivity index (χ0v) is 9.64. The first-order valence-electron chi connectivity index (χ1n) is 5.01. The van der Waals surface area contributed by atoms with Crippen LogP contribution in [0.3, 0.4) is 0 Å². The van der Waals surface area contributed by atoms with Gasteiger partial charge in [0.15, 0.2) is 6.61 Å². The number of esters is 1. The molecule has 1 rings (SSSR count). The second-order valence-electron chi connectivity index (χ2n) is 3.08. The third kappa shape index (κ3) is 4.97. The molecule has 1 aromatic heterocycles. The molecule has 1 aromatic rings. The van der Waals surface area contributed by atoms with E-state index in [0.29, 0.717) is 5.76 Å². The molecule has 0 spiro atoms. The van der Waals surface area contributed by atoms with E-state index in [1.165, 1.54) is 19.4 Å². The van der Waals surface area contributed by atoms with E-state index < -0.39 is 24.5 Å². The van der Waals surface area contributed by atoms with Gasteiger partial charge in [0.1, 0.15) is 5.76 Å². The Morgan fingerprint density at radius 3 is 2.83 bits per heavy atom. The SMILES string of the molecule is CNC(=O)NC(=O)COC(=O)C=Cc1ccco1. The molecule has 0 saturated heterocycles. The van der Waals surface area contributed by atoms with Crippen molar-refractivity contribution in [2.45, 2.75) is 0 Å². The summed E-state index contributed by atoms with van der Waals surface area (Å²) in [6.07, 6.45) is 3.98. The Morgan fingerprint density at radius 2 is 2.22 bits per heavy atom. The Bertz CT molecular complexity index is 450. The van der Waals surface area contributed by atoms with Gasteiger partial charge in [-0.1, -0.05) is 0 Å². The van der Waals surface area contributed by atoms with Crippen molar-refractivity contribution in [3.8, 4) is 0 Å². The number of ether oxygens (including phenoxy) is 1. The number of furan rings is 1. The van der Waals surface area contributed by atoms with Crippen molar-refractivity contribution < 1.29 is 23.5 Å². The molecule has 96 valence electrons. The van der Waals surface area contributed by atoms with Crippen molar-refractivity contribution in [1.29, 1.82) is 0 Å². The Kier molecular flexibility index (Phi) is 5.17. The molecule has 1 heterocycles. The Hall–Kier alpha value is -2.57. The molecule has 0 aliphatic rings. The first kappa shape index (κ1) is 13.5. The lowest BCUT2D eigenvalue weighted by molar-refractivity contribution is -0.143. The molecule has 0 fully saturated rings. The van der Waals surface area contributed by atoms with E-state index in [9.17, 15) is 14.4 Å². The topological polar surface area (TPSA) is 97.6 Å². The first-order chi connectivity index (χ1) is 8.61. The van der Waals surface area contributed by atoms with Gasteiger partial charge in [-0.25, -0.2) is 9.59 Å².